The molecule has 0 bridgehead atoms. The van der Waals surface area contributed by atoms with Crippen molar-refractivity contribution in [2.75, 3.05) is 7.11 Å². The average molecular weight is 250 g/mol. The molecule has 1 heterocycles. The quantitative estimate of drug-likeness (QED) is 0.827. The maximum Gasteiger partial charge on any atom is 0.335 e. The summed E-state index contributed by atoms with van der Waals surface area (Å²) in [5.41, 5.74) is -0.752. The van der Waals surface area contributed by atoms with Gasteiger partial charge in [-0.2, -0.15) is 0 Å². The van der Waals surface area contributed by atoms with Crippen LogP contribution >= 0.6 is 22.9 Å². The highest BCUT2D eigenvalue weighted by Gasteiger charge is 2.37. The van der Waals surface area contributed by atoms with Gasteiger partial charge in [0.25, 0.3) is 0 Å². The Morgan fingerprint density at radius 1 is 1.73 bits per heavy atom. The van der Waals surface area contributed by atoms with Gasteiger partial charge in [-0.1, -0.05) is 25.4 Å². The first-order chi connectivity index (χ1) is 6.89. The molecule has 1 unspecified atom stereocenters. The zero-order chi connectivity index (χ0) is 11.6. The lowest BCUT2D eigenvalue weighted by atomic mass is 9.85. The van der Waals surface area contributed by atoms with Crippen LogP contribution in [0.5, 0.6) is 0 Å². The van der Waals surface area contributed by atoms with E-state index in [0.29, 0.717) is 4.47 Å². The van der Waals surface area contributed by atoms with Crippen LogP contribution in [0.3, 0.4) is 0 Å². The number of ether oxygens (including phenoxy) is 1. The molecule has 0 spiro atoms. The molecular formula is C9H12ClNO3S. The fourth-order valence-corrected chi connectivity index (χ4v) is 2.16. The molecule has 0 amide bonds. The van der Waals surface area contributed by atoms with E-state index in [2.05, 4.69) is 9.72 Å². The first-order valence-electron chi connectivity index (χ1n) is 4.27. The van der Waals surface area contributed by atoms with Gasteiger partial charge >= 0.3 is 5.97 Å². The van der Waals surface area contributed by atoms with Gasteiger partial charge in [-0.3, -0.25) is 0 Å². The molecule has 0 aromatic carbocycles. The Bertz CT molecular complexity index is 364. The lowest BCUT2D eigenvalue weighted by molar-refractivity contribution is -0.153. The fourth-order valence-electron chi connectivity index (χ4n) is 1.09. The number of carbonyl (C=O) groups is 1. The van der Waals surface area contributed by atoms with Crippen LogP contribution in [0.2, 0.25) is 4.47 Å². The number of aliphatic hydroxyl groups is 1. The van der Waals surface area contributed by atoms with Gasteiger partial charge in [0, 0.05) is 16.5 Å². The lowest BCUT2D eigenvalue weighted by Crippen LogP contribution is -2.40. The van der Waals surface area contributed by atoms with Crippen LogP contribution in [0.4, 0.5) is 0 Å². The maximum absolute atomic E-state index is 11.2. The van der Waals surface area contributed by atoms with Crippen LogP contribution < -0.4 is 0 Å². The Morgan fingerprint density at radius 3 is 2.73 bits per heavy atom. The SMILES string of the molecule is COC(=O)C(O)C(C)(C)c1cnc(Cl)s1. The van der Waals surface area contributed by atoms with Crippen molar-refractivity contribution in [2.45, 2.75) is 25.4 Å². The number of rotatable bonds is 3. The van der Waals surface area contributed by atoms with Crippen molar-refractivity contribution >= 4 is 28.9 Å². The van der Waals surface area contributed by atoms with Gasteiger partial charge in [0.1, 0.15) is 0 Å². The molecular weight excluding hydrogens is 238 g/mol. The minimum Gasteiger partial charge on any atom is -0.467 e. The van der Waals surface area contributed by atoms with Crippen LogP contribution in [-0.2, 0) is 14.9 Å². The number of esters is 1. The van der Waals surface area contributed by atoms with E-state index in [1.54, 1.807) is 20.0 Å². The van der Waals surface area contributed by atoms with Crippen molar-refractivity contribution in [3.05, 3.63) is 15.5 Å². The van der Waals surface area contributed by atoms with E-state index in [0.717, 1.165) is 4.88 Å². The molecule has 15 heavy (non-hydrogen) atoms. The van der Waals surface area contributed by atoms with E-state index in [4.69, 9.17) is 11.6 Å². The molecule has 1 aromatic heterocycles. The highest BCUT2D eigenvalue weighted by molar-refractivity contribution is 7.15. The number of hydrogen-bond acceptors (Lipinski definition) is 5. The van der Waals surface area contributed by atoms with E-state index in [9.17, 15) is 9.90 Å². The summed E-state index contributed by atoms with van der Waals surface area (Å²) in [5, 5.41) is 9.77. The lowest BCUT2D eigenvalue weighted by Gasteiger charge is -2.26. The number of aromatic nitrogens is 1. The van der Waals surface area contributed by atoms with Gasteiger partial charge in [0.05, 0.1) is 7.11 Å². The predicted octanol–water partition coefficient (Wildman–Crippen LogP) is 1.61. The van der Waals surface area contributed by atoms with Gasteiger partial charge in [0.2, 0.25) is 0 Å². The molecule has 6 heteroatoms. The normalized spacial score (nSPS) is 13.7. The van der Waals surface area contributed by atoms with Crippen LogP contribution in [0.25, 0.3) is 0 Å². The van der Waals surface area contributed by atoms with Gasteiger partial charge < -0.3 is 9.84 Å². The summed E-state index contributed by atoms with van der Waals surface area (Å²) in [6.07, 6.45) is 0.332. The summed E-state index contributed by atoms with van der Waals surface area (Å²) in [5.74, 6) is -0.662. The molecule has 0 aliphatic carbocycles. The second kappa shape index (κ2) is 4.47. The van der Waals surface area contributed by atoms with Crippen molar-refractivity contribution in [2.24, 2.45) is 0 Å². The van der Waals surface area contributed by atoms with E-state index in [-0.39, 0.29) is 0 Å². The summed E-state index contributed by atoms with van der Waals surface area (Å²) in [4.78, 5) is 15.8. The Labute approximate surface area is 96.9 Å². The van der Waals surface area contributed by atoms with Crippen molar-refractivity contribution < 1.29 is 14.6 Å². The summed E-state index contributed by atoms with van der Waals surface area (Å²) in [6, 6.07) is 0. The van der Waals surface area contributed by atoms with Crippen molar-refractivity contribution in [1.29, 1.82) is 0 Å². The molecule has 84 valence electrons. The van der Waals surface area contributed by atoms with Gasteiger partial charge in [-0.15, -0.1) is 11.3 Å². The molecule has 0 aliphatic rings. The zero-order valence-corrected chi connectivity index (χ0v) is 10.2. The molecule has 0 fully saturated rings. The van der Waals surface area contributed by atoms with Gasteiger partial charge in [-0.25, -0.2) is 9.78 Å². The first kappa shape index (κ1) is 12.4. The fraction of sp³-hybridized carbons (Fsp3) is 0.556. The molecule has 1 N–H and O–H groups in total. The van der Waals surface area contributed by atoms with E-state index in [1.165, 1.54) is 18.4 Å². The standard InChI is InChI=1S/C9H12ClNO3S/c1-9(2,6(12)7(13)14-3)5-4-11-8(10)15-5/h4,6,12H,1-3H3. The Morgan fingerprint density at radius 2 is 2.33 bits per heavy atom. The number of aliphatic hydroxyl groups excluding tert-OH is 1. The van der Waals surface area contributed by atoms with Gasteiger partial charge in [0.15, 0.2) is 10.6 Å². The highest BCUT2D eigenvalue weighted by Crippen LogP contribution is 2.33. The largest absolute Gasteiger partial charge is 0.467 e. The number of carbonyl (C=O) groups excluding carboxylic acids is 1. The molecule has 0 radical (unpaired) electrons. The first-order valence-corrected chi connectivity index (χ1v) is 5.46. The highest BCUT2D eigenvalue weighted by atomic mass is 35.5. The Hall–Kier alpha value is -0.650. The summed E-state index contributed by atoms with van der Waals surface area (Å²) in [6.45, 7) is 3.47. The molecule has 0 saturated heterocycles. The van der Waals surface area contributed by atoms with Gasteiger partial charge in [-0.05, 0) is 0 Å². The van der Waals surface area contributed by atoms with Crippen LogP contribution in [0.1, 0.15) is 18.7 Å². The number of thiazole rings is 1. The minimum absolute atomic E-state index is 0.384. The number of methoxy groups -OCH3 is 1. The molecule has 0 aliphatic heterocycles. The molecule has 0 saturated carbocycles. The van der Waals surface area contributed by atoms with Crippen molar-refractivity contribution in [1.82, 2.24) is 4.98 Å². The third-order valence-corrected chi connectivity index (χ3v) is 3.67. The Balaban J connectivity index is 2.96. The average Bonchev–Trinajstić information content (AvgIpc) is 2.63. The third kappa shape index (κ3) is 2.48. The van der Waals surface area contributed by atoms with Crippen LogP contribution in [-0.4, -0.2) is 29.3 Å². The third-order valence-electron chi connectivity index (χ3n) is 2.22. The Kier molecular flexibility index (Phi) is 3.70. The number of nitrogens with zero attached hydrogens (tertiary/aromatic N) is 1. The molecule has 1 atom stereocenters. The van der Waals surface area contributed by atoms with E-state index < -0.39 is 17.5 Å². The van der Waals surface area contributed by atoms with Crippen molar-refractivity contribution in [3.8, 4) is 0 Å². The second-order valence-corrected chi connectivity index (χ2v) is 5.24. The summed E-state index contributed by atoms with van der Waals surface area (Å²) in [7, 11) is 1.24. The minimum atomic E-state index is -1.22. The maximum atomic E-state index is 11.2. The van der Waals surface area contributed by atoms with E-state index >= 15 is 0 Å². The van der Waals surface area contributed by atoms with Crippen molar-refractivity contribution in [3.63, 3.8) is 0 Å². The molecule has 4 nitrogen and oxygen atoms in total. The summed E-state index contributed by atoms with van der Waals surface area (Å²) >= 11 is 6.93. The van der Waals surface area contributed by atoms with Crippen LogP contribution in [0, 0.1) is 0 Å². The topological polar surface area (TPSA) is 59.4 Å². The second-order valence-electron chi connectivity index (χ2n) is 3.62. The smallest absolute Gasteiger partial charge is 0.335 e. The van der Waals surface area contributed by atoms with Crippen LogP contribution in [0.15, 0.2) is 6.20 Å². The summed E-state index contributed by atoms with van der Waals surface area (Å²) < 4.78 is 4.87. The monoisotopic (exact) mass is 249 g/mol. The van der Waals surface area contributed by atoms with E-state index in [1.807, 2.05) is 0 Å². The molecule has 1 aromatic rings. The molecule has 1 rings (SSSR count). The predicted molar refractivity (Wildman–Crippen MR) is 58.2 cm³/mol. The zero-order valence-electron chi connectivity index (χ0n) is 8.65. The number of hydrogen-bond donors (Lipinski definition) is 1. The number of halogens is 1.